The maximum Gasteiger partial charge on any atom is 0.343 e. The number of esters is 3. The predicted octanol–water partition coefficient (Wildman–Crippen LogP) is 3.21. The Balaban J connectivity index is 2.09. The van der Waals surface area contributed by atoms with E-state index in [4.69, 9.17) is 14.2 Å². The molecule has 0 aromatic heterocycles. The van der Waals surface area contributed by atoms with Crippen LogP contribution >= 0.6 is 0 Å². The predicted molar refractivity (Wildman–Crippen MR) is 118 cm³/mol. The van der Waals surface area contributed by atoms with Crippen molar-refractivity contribution in [2.75, 3.05) is 0 Å². The maximum absolute atomic E-state index is 12.4. The minimum Gasteiger partial charge on any atom is -0.424 e. The van der Waals surface area contributed by atoms with E-state index in [-0.39, 0.29) is 28.2 Å². The van der Waals surface area contributed by atoms with E-state index in [1.165, 1.54) is 37.3 Å². The molecule has 0 spiro atoms. The topological polar surface area (TPSA) is 78.9 Å². The first-order chi connectivity index (χ1) is 14.6. The Hall–Kier alpha value is -4.19. The summed E-state index contributed by atoms with van der Waals surface area (Å²) in [6, 6.07) is 10.8. The second-order valence-electron chi connectivity index (χ2n) is 6.72. The van der Waals surface area contributed by atoms with Crippen LogP contribution < -0.4 is 19.9 Å². The molecule has 6 heteroatoms. The van der Waals surface area contributed by atoms with Gasteiger partial charge in [0.1, 0.15) is 17.3 Å². The van der Waals surface area contributed by atoms with Gasteiger partial charge in [-0.1, -0.05) is 32.4 Å². The summed E-state index contributed by atoms with van der Waals surface area (Å²) < 4.78 is 15.4. The molecule has 0 aliphatic heterocycles. The zero-order valence-corrected chi connectivity index (χ0v) is 17.4. The highest BCUT2D eigenvalue weighted by atomic mass is 16.5. The lowest BCUT2D eigenvalue weighted by atomic mass is 10.1. The van der Waals surface area contributed by atoms with Gasteiger partial charge in [-0.2, -0.15) is 0 Å². The first kappa shape index (κ1) is 23.1. The third-order valence-electron chi connectivity index (χ3n) is 3.86. The van der Waals surface area contributed by atoms with Gasteiger partial charge in [0.25, 0.3) is 0 Å². The van der Waals surface area contributed by atoms with Crippen molar-refractivity contribution in [3.05, 3.63) is 95.1 Å². The molecule has 0 radical (unpaired) electrons. The van der Waals surface area contributed by atoms with Crippen molar-refractivity contribution >= 4 is 30.6 Å². The summed E-state index contributed by atoms with van der Waals surface area (Å²) >= 11 is 0. The standard InChI is InChI=1S/C25H22O6/c1-15(2)23(26)29-18(6)14-19-7-8-20(13-17(19)5)25(28)31-22-11-9-21(10-12-22)30-24(27)16(3)4/h7-14H,1,3,5-6H2,2,4H3/b19-14-. The number of carbonyl (C=O) groups excluding carboxylic acids is 3. The van der Waals surface area contributed by atoms with Crippen LogP contribution in [0.5, 0.6) is 11.5 Å². The number of ether oxygens (including phenoxy) is 3. The fraction of sp³-hybridized carbons (Fsp3) is 0.0800. The van der Waals surface area contributed by atoms with Crippen molar-refractivity contribution in [2.45, 2.75) is 13.8 Å². The molecule has 0 fully saturated rings. The van der Waals surface area contributed by atoms with Crippen molar-refractivity contribution < 1.29 is 28.6 Å². The Morgan fingerprint density at radius 2 is 1.35 bits per heavy atom. The normalized spacial score (nSPS) is 10.7. The van der Waals surface area contributed by atoms with E-state index in [2.05, 4.69) is 26.3 Å². The Morgan fingerprint density at radius 3 is 1.87 bits per heavy atom. The van der Waals surface area contributed by atoms with Crippen molar-refractivity contribution in [3.8, 4) is 11.5 Å². The highest BCUT2D eigenvalue weighted by Crippen LogP contribution is 2.19. The molecule has 0 aliphatic carbocycles. The average Bonchev–Trinajstić information content (AvgIpc) is 2.70. The molecular weight excluding hydrogens is 396 g/mol. The molecule has 0 amide bonds. The lowest BCUT2D eigenvalue weighted by molar-refractivity contribution is -0.134. The molecule has 2 aromatic rings. The Labute approximate surface area is 180 Å². The molecule has 0 unspecified atom stereocenters. The third-order valence-corrected chi connectivity index (χ3v) is 3.86. The second kappa shape index (κ2) is 10.0. The summed E-state index contributed by atoms with van der Waals surface area (Å²) in [6.07, 6.45) is 1.53. The highest BCUT2D eigenvalue weighted by Gasteiger charge is 2.10. The molecule has 158 valence electrons. The number of hydrogen-bond donors (Lipinski definition) is 0. The summed E-state index contributed by atoms with van der Waals surface area (Å²) in [4.78, 5) is 35.5. The van der Waals surface area contributed by atoms with E-state index in [9.17, 15) is 14.4 Å². The number of benzene rings is 2. The summed E-state index contributed by atoms with van der Waals surface area (Å²) in [6.45, 7) is 17.7. The van der Waals surface area contributed by atoms with Crippen LogP contribution in [0, 0.1) is 0 Å². The fourth-order valence-electron chi connectivity index (χ4n) is 2.22. The zero-order chi connectivity index (χ0) is 23.1. The quantitative estimate of drug-likeness (QED) is 0.297. The third kappa shape index (κ3) is 6.68. The van der Waals surface area contributed by atoms with Crippen molar-refractivity contribution in [1.29, 1.82) is 0 Å². The van der Waals surface area contributed by atoms with Crippen LogP contribution in [0.15, 0.2) is 79.1 Å². The summed E-state index contributed by atoms with van der Waals surface area (Å²) in [5.41, 5.74) is 0.812. The van der Waals surface area contributed by atoms with Crippen molar-refractivity contribution in [2.24, 2.45) is 0 Å². The second-order valence-corrected chi connectivity index (χ2v) is 6.72. The van der Waals surface area contributed by atoms with Crippen LogP contribution in [-0.2, 0) is 14.3 Å². The van der Waals surface area contributed by atoms with E-state index in [1.807, 2.05) is 0 Å². The van der Waals surface area contributed by atoms with Gasteiger partial charge in [-0.15, -0.1) is 0 Å². The van der Waals surface area contributed by atoms with E-state index in [0.29, 0.717) is 16.2 Å². The monoisotopic (exact) mass is 418 g/mol. The Kier molecular flexibility index (Phi) is 7.47. The van der Waals surface area contributed by atoms with Gasteiger partial charge < -0.3 is 14.2 Å². The van der Waals surface area contributed by atoms with Gasteiger partial charge >= 0.3 is 17.9 Å². The minimum absolute atomic E-state index is 0.126. The number of carbonyl (C=O) groups is 3. The molecule has 0 saturated carbocycles. The first-order valence-electron chi connectivity index (χ1n) is 9.14. The van der Waals surface area contributed by atoms with Crippen LogP contribution in [0.2, 0.25) is 0 Å². The molecule has 2 aromatic carbocycles. The molecule has 0 bridgehead atoms. The van der Waals surface area contributed by atoms with Crippen LogP contribution in [0.3, 0.4) is 0 Å². The first-order valence-corrected chi connectivity index (χ1v) is 9.14. The molecule has 6 nitrogen and oxygen atoms in total. The van der Waals surface area contributed by atoms with Crippen LogP contribution in [0.25, 0.3) is 12.7 Å². The van der Waals surface area contributed by atoms with E-state index in [0.717, 1.165) is 0 Å². The SMILES string of the molecule is C=C(/C=c1/ccc(C(=O)Oc2ccc(OC(=O)C(=C)C)cc2)cc1=C)OC(=O)C(=C)C. The molecule has 2 rings (SSSR count). The summed E-state index contributed by atoms with van der Waals surface area (Å²) in [5, 5.41) is 1.14. The lowest BCUT2D eigenvalue weighted by Gasteiger charge is -2.07. The zero-order valence-electron chi connectivity index (χ0n) is 17.4. The molecule has 31 heavy (non-hydrogen) atoms. The molecule has 0 saturated heterocycles. The van der Waals surface area contributed by atoms with Gasteiger partial charge in [-0.25, -0.2) is 14.4 Å². The van der Waals surface area contributed by atoms with E-state index in [1.54, 1.807) is 25.1 Å². The number of rotatable bonds is 7. The maximum atomic E-state index is 12.4. The highest BCUT2D eigenvalue weighted by molar-refractivity contribution is 5.91. The van der Waals surface area contributed by atoms with Gasteiger partial charge in [-0.3, -0.25) is 0 Å². The van der Waals surface area contributed by atoms with Gasteiger partial charge in [0.15, 0.2) is 0 Å². The van der Waals surface area contributed by atoms with Gasteiger partial charge in [0.2, 0.25) is 0 Å². The molecular formula is C25H22O6. The number of allylic oxidation sites excluding steroid dienone is 1. The number of hydrogen-bond acceptors (Lipinski definition) is 6. The van der Waals surface area contributed by atoms with Crippen LogP contribution in [0.4, 0.5) is 0 Å². The largest absolute Gasteiger partial charge is 0.424 e. The van der Waals surface area contributed by atoms with Crippen molar-refractivity contribution in [3.63, 3.8) is 0 Å². The molecule has 0 heterocycles. The van der Waals surface area contributed by atoms with Gasteiger partial charge in [-0.05, 0) is 66.8 Å². The van der Waals surface area contributed by atoms with Crippen LogP contribution in [0.1, 0.15) is 24.2 Å². The van der Waals surface area contributed by atoms with Gasteiger partial charge in [0, 0.05) is 11.1 Å². The minimum atomic E-state index is -0.587. The summed E-state index contributed by atoms with van der Waals surface area (Å²) in [5.74, 6) is -0.993. The smallest absolute Gasteiger partial charge is 0.343 e. The molecule has 0 atom stereocenters. The average molecular weight is 418 g/mol. The van der Waals surface area contributed by atoms with Gasteiger partial charge in [0.05, 0.1) is 5.56 Å². The van der Waals surface area contributed by atoms with Crippen LogP contribution in [-0.4, -0.2) is 17.9 Å². The van der Waals surface area contributed by atoms with Crippen molar-refractivity contribution in [1.82, 2.24) is 0 Å². The fourth-order valence-corrected chi connectivity index (χ4v) is 2.22. The molecule has 0 N–H and O–H groups in total. The Morgan fingerprint density at radius 1 is 0.806 bits per heavy atom. The Bertz CT molecular complexity index is 1190. The van der Waals surface area contributed by atoms with E-state index >= 15 is 0 Å². The van der Waals surface area contributed by atoms with E-state index < -0.39 is 17.9 Å². The lowest BCUT2D eigenvalue weighted by Crippen LogP contribution is -2.25. The summed E-state index contributed by atoms with van der Waals surface area (Å²) in [7, 11) is 0. The molecule has 0 aliphatic rings.